The molecule has 0 unspecified atom stereocenters. The molecule has 144 valence electrons. The number of hydrogen-bond acceptors (Lipinski definition) is 3. The van der Waals surface area contributed by atoms with Gasteiger partial charge in [0.15, 0.2) is 0 Å². The number of carbonyl (C=O) groups excluding carboxylic acids is 1. The third-order valence-electron chi connectivity index (χ3n) is 6.02. The molecule has 1 aromatic rings. The summed E-state index contributed by atoms with van der Waals surface area (Å²) in [6.45, 7) is 5.53. The number of amides is 2. The van der Waals surface area contributed by atoms with Crippen LogP contribution in [-0.4, -0.2) is 66.8 Å². The van der Waals surface area contributed by atoms with Crippen molar-refractivity contribution in [1.82, 2.24) is 15.1 Å². The fourth-order valence-corrected chi connectivity index (χ4v) is 3.99. The van der Waals surface area contributed by atoms with Crippen LogP contribution in [0.25, 0.3) is 0 Å². The van der Waals surface area contributed by atoms with Gasteiger partial charge in [0, 0.05) is 31.6 Å². The van der Waals surface area contributed by atoms with E-state index in [1.165, 1.54) is 5.56 Å². The van der Waals surface area contributed by atoms with Gasteiger partial charge in [-0.25, -0.2) is 4.79 Å². The van der Waals surface area contributed by atoms with Gasteiger partial charge in [0.05, 0.1) is 6.61 Å². The van der Waals surface area contributed by atoms with Crippen LogP contribution in [0.2, 0.25) is 0 Å². The Morgan fingerprint density at radius 3 is 2.58 bits per heavy atom. The smallest absolute Gasteiger partial charge is 0.317 e. The molecular formula is C21H33N3O2. The van der Waals surface area contributed by atoms with Crippen LogP contribution in [-0.2, 0) is 6.42 Å². The van der Waals surface area contributed by atoms with E-state index in [1.807, 2.05) is 4.90 Å². The molecule has 1 aliphatic carbocycles. The number of urea groups is 1. The molecule has 1 saturated heterocycles. The third-order valence-corrected chi connectivity index (χ3v) is 6.02. The normalized spacial score (nSPS) is 20.3. The molecule has 2 fully saturated rings. The van der Waals surface area contributed by atoms with Crippen LogP contribution in [0.1, 0.15) is 37.7 Å². The van der Waals surface area contributed by atoms with Crippen molar-refractivity contribution < 1.29 is 9.90 Å². The van der Waals surface area contributed by atoms with E-state index in [0.717, 1.165) is 71.2 Å². The second-order valence-corrected chi connectivity index (χ2v) is 7.94. The Kier molecular flexibility index (Phi) is 6.92. The molecular weight excluding hydrogens is 326 g/mol. The SMILES string of the molecule is O=C(NCC1(CO)CCC1)N1CCCN(CCCc2ccccc2)CC1. The van der Waals surface area contributed by atoms with Gasteiger partial charge in [-0.1, -0.05) is 36.8 Å². The molecule has 0 atom stereocenters. The predicted molar refractivity (Wildman–Crippen MR) is 104 cm³/mol. The highest BCUT2D eigenvalue weighted by atomic mass is 16.3. The van der Waals surface area contributed by atoms with Gasteiger partial charge in [-0.3, -0.25) is 0 Å². The van der Waals surface area contributed by atoms with E-state index >= 15 is 0 Å². The molecule has 2 amide bonds. The molecule has 2 N–H and O–H groups in total. The highest BCUT2D eigenvalue weighted by Crippen LogP contribution is 2.39. The number of aryl methyl sites for hydroxylation is 1. The highest BCUT2D eigenvalue weighted by molar-refractivity contribution is 5.74. The van der Waals surface area contributed by atoms with Crippen molar-refractivity contribution in [2.24, 2.45) is 5.41 Å². The van der Waals surface area contributed by atoms with Gasteiger partial charge in [0.25, 0.3) is 0 Å². The van der Waals surface area contributed by atoms with Crippen molar-refractivity contribution >= 4 is 6.03 Å². The second-order valence-electron chi connectivity index (χ2n) is 7.94. The molecule has 1 saturated carbocycles. The van der Waals surface area contributed by atoms with Crippen molar-refractivity contribution in [2.45, 2.75) is 38.5 Å². The Morgan fingerprint density at radius 2 is 1.88 bits per heavy atom. The average molecular weight is 360 g/mol. The number of hydrogen-bond donors (Lipinski definition) is 2. The number of rotatable bonds is 7. The molecule has 0 radical (unpaired) electrons. The number of nitrogens with zero attached hydrogens (tertiary/aromatic N) is 2. The first-order valence-corrected chi connectivity index (χ1v) is 10.1. The standard InChI is InChI=1S/C21H33N3O2/c25-18-21(10-5-11-21)17-22-20(26)24-14-6-13-23(15-16-24)12-4-9-19-7-2-1-3-8-19/h1-3,7-8,25H,4-6,9-18H2,(H,22,26). The summed E-state index contributed by atoms with van der Waals surface area (Å²) in [6.07, 6.45) is 6.53. The summed E-state index contributed by atoms with van der Waals surface area (Å²) in [5.41, 5.74) is 1.35. The summed E-state index contributed by atoms with van der Waals surface area (Å²) < 4.78 is 0. The van der Waals surface area contributed by atoms with E-state index in [9.17, 15) is 9.90 Å². The maximum atomic E-state index is 12.5. The van der Waals surface area contributed by atoms with E-state index in [-0.39, 0.29) is 18.1 Å². The van der Waals surface area contributed by atoms with Crippen molar-refractivity contribution in [2.75, 3.05) is 45.9 Å². The number of aliphatic hydroxyl groups is 1. The summed E-state index contributed by atoms with van der Waals surface area (Å²) >= 11 is 0. The lowest BCUT2D eigenvalue weighted by molar-refractivity contribution is 0.0458. The zero-order valence-corrected chi connectivity index (χ0v) is 15.8. The number of aliphatic hydroxyl groups excluding tert-OH is 1. The summed E-state index contributed by atoms with van der Waals surface area (Å²) in [5.74, 6) is 0. The predicted octanol–water partition coefficient (Wildman–Crippen LogP) is 2.50. The van der Waals surface area contributed by atoms with Crippen molar-refractivity contribution in [3.8, 4) is 0 Å². The lowest BCUT2D eigenvalue weighted by Crippen LogP contribution is -2.49. The van der Waals surface area contributed by atoms with E-state index in [1.54, 1.807) is 0 Å². The minimum absolute atomic E-state index is 0.0378. The minimum atomic E-state index is -0.0506. The van der Waals surface area contributed by atoms with Gasteiger partial charge in [-0.05, 0) is 50.8 Å². The third kappa shape index (κ3) is 5.21. The summed E-state index contributed by atoms with van der Waals surface area (Å²) in [6, 6.07) is 10.7. The van der Waals surface area contributed by atoms with E-state index < -0.39 is 0 Å². The van der Waals surface area contributed by atoms with Crippen LogP contribution in [0.15, 0.2) is 30.3 Å². The summed E-state index contributed by atoms with van der Waals surface area (Å²) in [5, 5.41) is 12.6. The molecule has 0 bridgehead atoms. The lowest BCUT2D eigenvalue weighted by atomic mass is 9.69. The molecule has 1 heterocycles. The number of benzene rings is 1. The topological polar surface area (TPSA) is 55.8 Å². The van der Waals surface area contributed by atoms with E-state index in [0.29, 0.717) is 6.54 Å². The Balaban J connectivity index is 1.36. The summed E-state index contributed by atoms with van der Waals surface area (Å²) in [7, 11) is 0. The Labute approximate surface area is 157 Å². The maximum Gasteiger partial charge on any atom is 0.317 e. The highest BCUT2D eigenvalue weighted by Gasteiger charge is 2.36. The van der Waals surface area contributed by atoms with Crippen LogP contribution in [0.5, 0.6) is 0 Å². The Bertz CT molecular complexity index is 554. The first-order chi connectivity index (χ1) is 12.7. The molecule has 1 aliphatic heterocycles. The molecule has 1 aromatic carbocycles. The van der Waals surface area contributed by atoms with Crippen LogP contribution in [0.4, 0.5) is 4.79 Å². The quantitative estimate of drug-likeness (QED) is 0.786. The van der Waals surface area contributed by atoms with E-state index in [2.05, 4.69) is 40.5 Å². The first kappa shape index (κ1) is 19.2. The fraction of sp³-hybridized carbons (Fsp3) is 0.667. The molecule has 5 heteroatoms. The molecule has 0 aromatic heterocycles. The second kappa shape index (κ2) is 9.38. The van der Waals surface area contributed by atoms with Crippen LogP contribution < -0.4 is 5.32 Å². The van der Waals surface area contributed by atoms with Gasteiger partial charge >= 0.3 is 6.03 Å². The van der Waals surface area contributed by atoms with Gasteiger partial charge < -0.3 is 20.2 Å². The summed E-state index contributed by atoms with van der Waals surface area (Å²) in [4.78, 5) is 16.9. The van der Waals surface area contributed by atoms with Crippen LogP contribution >= 0.6 is 0 Å². The largest absolute Gasteiger partial charge is 0.396 e. The van der Waals surface area contributed by atoms with Gasteiger partial charge in [-0.2, -0.15) is 0 Å². The van der Waals surface area contributed by atoms with Gasteiger partial charge in [0.2, 0.25) is 0 Å². The average Bonchev–Trinajstić information content (AvgIpc) is 2.88. The zero-order chi connectivity index (χ0) is 18.2. The van der Waals surface area contributed by atoms with Crippen molar-refractivity contribution in [3.63, 3.8) is 0 Å². The molecule has 2 aliphatic rings. The van der Waals surface area contributed by atoms with E-state index in [4.69, 9.17) is 0 Å². The fourth-order valence-electron chi connectivity index (χ4n) is 3.99. The Hall–Kier alpha value is -1.59. The lowest BCUT2D eigenvalue weighted by Gasteiger charge is -2.40. The number of carbonyl (C=O) groups is 1. The zero-order valence-electron chi connectivity index (χ0n) is 15.8. The Morgan fingerprint density at radius 1 is 1.08 bits per heavy atom. The number of nitrogens with one attached hydrogen (secondary N) is 1. The van der Waals surface area contributed by atoms with Crippen molar-refractivity contribution in [1.29, 1.82) is 0 Å². The minimum Gasteiger partial charge on any atom is -0.396 e. The maximum absolute atomic E-state index is 12.5. The first-order valence-electron chi connectivity index (χ1n) is 10.1. The molecule has 5 nitrogen and oxygen atoms in total. The monoisotopic (exact) mass is 359 g/mol. The van der Waals surface area contributed by atoms with Gasteiger partial charge in [-0.15, -0.1) is 0 Å². The van der Waals surface area contributed by atoms with Gasteiger partial charge in [0.1, 0.15) is 0 Å². The van der Waals surface area contributed by atoms with Crippen molar-refractivity contribution in [3.05, 3.63) is 35.9 Å². The molecule has 26 heavy (non-hydrogen) atoms. The molecule has 3 rings (SSSR count). The molecule has 0 spiro atoms. The van der Waals surface area contributed by atoms with Crippen LogP contribution in [0, 0.1) is 5.41 Å². The van der Waals surface area contributed by atoms with Crippen LogP contribution in [0.3, 0.4) is 0 Å².